The number of hydrogen-bond acceptors (Lipinski definition) is 2. The molecule has 3 nitrogen and oxygen atoms in total. The second-order valence-corrected chi connectivity index (χ2v) is 4.84. The van der Waals surface area contributed by atoms with Gasteiger partial charge in [0.1, 0.15) is 0 Å². The van der Waals surface area contributed by atoms with E-state index in [1.165, 1.54) is 4.90 Å². The fraction of sp³-hybridized carbons (Fsp3) is 0.909. The van der Waals surface area contributed by atoms with E-state index in [0.717, 1.165) is 25.9 Å². The third kappa shape index (κ3) is 2.90. The highest BCUT2D eigenvalue weighted by atomic mass is 19.3. The van der Waals surface area contributed by atoms with Gasteiger partial charge in [0, 0.05) is 19.4 Å². The third-order valence-corrected chi connectivity index (χ3v) is 3.38. The maximum atomic E-state index is 12.9. The summed E-state index contributed by atoms with van der Waals surface area (Å²) in [6.45, 7) is 1.68. The van der Waals surface area contributed by atoms with Gasteiger partial charge in [-0.3, -0.25) is 4.79 Å². The lowest BCUT2D eigenvalue weighted by Crippen LogP contribution is -2.36. The Balaban J connectivity index is 1.79. The van der Waals surface area contributed by atoms with Gasteiger partial charge in [-0.05, 0) is 31.8 Å². The van der Waals surface area contributed by atoms with Crippen molar-refractivity contribution in [3.8, 4) is 0 Å². The Morgan fingerprint density at radius 3 is 2.88 bits per heavy atom. The number of nitrogens with one attached hydrogen (secondary N) is 1. The van der Waals surface area contributed by atoms with Gasteiger partial charge in [-0.15, -0.1) is 0 Å². The van der Waals surface area contributed by atoms with E-state index in [1.54, 1.807) is 0 Å². The fourth-order valence-electron chi connectivity index (χ4n) is 2.42. The minimum absolute atomic E-state index is 0.106. The number of nitrogens with zero attached hydrogens (tertiary/aromatic N) is 1. The summed E-state index contributed by atoms with van der Waals surface area (Å²) in [5, 5.41) is 3.23. The topological polar surface area (TPSA) is 32.3 Å². The Morgan fingerprint density at radius 2 is 2.31 bits per heavy atom. The van der Waals surface area contributed by atoms with Gasteiger partial charge >= 0.3 is 0 Å². The Kier molecular flexibility index (Phi) is 3.42. The number of hydrogen-bond donors (Lipinski definition) is 1. The maximum absolute atomic E-state index is 12.9. The number of halogens is 2. The van der Waals surface area contributed by atoms with E-state index in [2.05, 4.69) is 5.32 Å². The molecule has 92 valence electrons. The normalized spacial score (nSPS) is 29.4. The molecule has 0 aromatic rings. The van der Waals surface area contributed by atoms with Crippen molar-refractivity contribution in [2.24, 2.45) is 5.92 Å². The summed E-state index contributed by atoms with van der Waals surface area (Å²) >= 11 is 0. The summed E-state index contributed by atoms with van der Waals surface area (Å²) in [6.07, 6.45) is 2.35. The molecule has 0 aliphatic carbocycles. The summed E-state index contributed by atoms with van der Waals surface area (Å²) in [4.78, 5) is 13.1. The van der Waals surface area contributed by atoms with Crippen molar-refractivity contribution in [2.75, 3.05) is 26.2 Å². The molecule has 16 heavy (non-hydrogen) atoms. The molecule has 0 spiro atoms. The van der Waals surface area contributed by atoms with Crippen molar-refractivity contribution in [1.29, 1.82) is 0 Å². The molecule has 0 bridgehead atoms. The van der Waals surface area contributed by atoms with Gasteiger partial charge in [-0.25, -0.2) is 8.78 Å². The van der Waals surface area contributed by atoms with E-state index in [0.29, 0.717) is 12.3 Å². The van der Waals surface area contributed by atoms with E-state index < -0.39 is 5.92 Å². The number of carbonyl (C=O) groups excluding carboxylic acids is 1. The lowest BCUT2D eigenvalue weighted by molar-refractivity contribution is -0.132. The van der Waals surface area contributed by atoms with E-state index >= 15 is 0 Å². The molecule has 0 aromatic heterocycles. The van der Waals surface area contributed by atoms with Crippen LogP contribution in [0.15, 0.2) is 0 Å². The average Bonchev–Trinajstić information content (AvgIpc) is 2.60. The van der Waals surface area contributed by atoms with Gasteiger partial charge in [0.2, 0.25) is 5.91 Å². The molecule has 2 aliphatic rings. The van der Waals surface area contributed by atoms with Crippen molar-refractivity contribution >= 4 is 5.91 Å². The van der Waals surface area contributed by atoms with Crippen LogP contribution in [0.2, 0.25) is 0 Å². The van der Waals surface area contributed by atoms with Crippen LogP contribution in [0, 0.1) is 5.92 Å². The van der Waals surface area contributed by atoms with Crippen molar-refractivity contribution in [3.63, 3.8) is 0 Å². The lowest BCUT2D eigenvalue weighted by atomic mass is 9.96. The summed E-state index contributed by atoms with van der Waals surface area (Å²) in [5.41, 5.74) is 0. The third-order valence-electron chi connectivity index (χ3n) is 3.38. The van der Waals surface area contributed by atoms with Gasteiger partial charge in [-0.2, -0.15) is 0 Å². The van der Waals surface area contributed by atoms with Gasteiger partial charge in [-0.1, -0.05) is 0 Å². The predicted molar refractivity (Wildman–Crippen MR) is 56.4 cm³/mol. The van der Waals surface area contributed by atoms with Gasteiger partial charge in [0.05, 0.1) is 6.54 Å². The minimum atomic E-state index is -2.67. The number of rotatable bonds is 2. The van der Waals surface area contributed by atoms with E-state index in [-0.39, 0.29) is 25.4 Å². The molecule has 0 radical (unpaired) electrons. The van der Waals surface area contributed by atoms with Crippen molar-refractivity contribution in [1.82, 2.24) is 10.2 Å². The molecule has 1 N–H and O–H groups in total. The van der Waals surface area contributed by atoms with Crippen molar-refractivity contribution in [2.45, 2.75) is 31.6 Å². The minimum Gasteiger partial charge on any atom is -0.336 e. The molecule has 1 unspecified atom stereocenters. The Hall–Kier alpha value is -0.710. The molecule has 0 saturated carbocycles. The SMILES string of the molecule is O=C(CC1CCCNC1)N1CCC(F)(F)C1. The van der Waals surface area contributed by atoms with Crippen molar-refractivity contribution < 1.29 is 13.6 Å². The monoisotopic (exact) mass is 232 g/mol. The molecule has 5 heteroatoms. The van der Waals surface area contributed by atoms with Crippen LogP contribution in [0.5, 0.6) is 0 Å². The molecule has 0 aromatic carbocycles. The predicted octanol–water partition coefficient (Wildman–Crippen LogP) is 1.24. The van der Waals surface area contributed by atoms with Gasteiger partial charge in [0.15, 0.2) is 0 Å². The number of likely N-dealkylation sites (tertiary alicyclic amines) is 1. The van der Waals surface area contributed by atoms with Crippen LogP contribution in [-0.4, -0.2) is 42.9 Å². The first-order valence-corrected chi connectivity index (χ1v) is 5.93. The van der Waals surface area contributed by atoms with Crippen LogP contribution in [0.3, 0.4) is 0 Å². The van der Waals surface area contributed by atoms with Crippen LogP contribution in [0.1, 0.15) is 25.7 Å². The Labute approximate surface area is 94.2 Å². The first-order valence-electron chi connectivity index (χ1n) is 5.93. The first kappa shape index (κ1) is 11.8. The maximum Gasteiger partial charge on any atom is 0.267 e. The molecule has 2 saturated heterocycles. The summed E-state index contributed by atoms with van der Waals surface area (Å²) < 4.78 is 25.9. The zero-order valence-electron chi connectivity index (χ0n) is 9.35. The number of carbonyl (C=O) groups is 1. The zero-order valence-corrected chi connectivity index (χ0v) is 9.35. The highest BCUT2D eigenvalue weighted by molar-refractivity contribution is 5.76. The molecule has 2 heterocycles. The number of amides is 1. The molecule has 1 atom stereocenters. The largest absolute Gasteiger partial charge is 0.336 e. The number of alkyl halides is 2. The quantitative estimate of drug-likeness (QED) is 0.777. The van der Waals surface area contributed by atoms with Crippen LogP contribution in [0.4, 0.5) is 8.78 Å². The molecule has 1 amide bonds. The van der Waals surface area contributed by atoms with E-state index in [4.69, 9.17) is 0 Å². The summed E-state index contributed by atoms with van der Waals surface area (Å²) in [6, 6.07) is 0. The first-order chi connectivity index (χ1) is 7.57. The van der Waals surface area contributed by atoms with Gasteiger partial charge < -0.3 is 10.2 Å². The summed E-state index contributed by atoms with van der Waals surface area (Å²) in [7, 11) is 0. The molecular formula is C11H18F2N2O. The van der Waals surface area contributed by atoms with Crippen LogP contribution in [0.25, 0.3) is 0 Å². The highest BCUT2D eigenvalue weighted by Gasteiger charge is 2.40. The molecule has 2 fully saturated rings. The Bertz CT molecular complexity index is 265. The van der Waals surface area contributed by atoms with Crippen molar-refractivity contribution in [3.05, 3.63) is 0 Å². The fourth-order valence-corrected chi connectivity index (χ4v) is 2.42. The van der Waals surface area contributed by atoms with Crippen LogP contribution >= 0.6 is 0 Å². The second-order valence-electron chi connectivity index (χ2n) is 4.84. The van der Waals surface area contributed by atoms with Crippen LogP contribution in [-0.2, 0) is 4.79 Å². The molecule has 2 rings (SSSR count). The smallest absolute Gasteiger partial charge is 0.267 e. The van der Waals surface area contributed by atoms with E-state index in [9.17, 15) is 13.6 Å². The lowest BCUT2D eigenvalue weighted by Gasteiger charge is -2.24. The zero-order chi connectivity index (χ0) is 11.6. The summed E-state index contributed by atoms with van der Waals surface area (Å²) in [5.74, 6) is -2.44. The van der Waals surface area contributed by atoms with Crippen LogP contribution < -0.4 is 5.32 Å². The number of piperidine rings is 1. The molecular weight excluding hydrogens is 214 g/mol. The highest BCUT2D eigenvalue weighted by Crippen LogP contribution is 2.28. The average molecular weight is 232 g/mol. The van der Waals surface area contributed by atoms with E-state index in [1.807, 2.05) is 0 Å². The standard InChI is InChI=1S/C11H18F2N2O/c12-11(13)3-5-15(8-11)10(16)6-9-2-1-4-14-7-9/h9,14H,1-8H2. The van der Waals surface area contributed by atoms with Gasteiger partial charge in [0.25, 0.3) is 5.92 Å². The Morgan fingerprint density at radius 1 is 1.50 bits per heavy atom. The second kappa shape index (κ2) is 4.65. The molecule has 2 aliphatic heterocycles.